The van der Waals surface area contributed by atoms with Gasteiger partial charge in [-0.2, -0.15) is 5.10 Å². The fraction of sp³-hybridized carbons (Fsp3) is 0.562. The lowest BCUT2D eigenvalue weighted by molar-refractivity contribution is 0.298. The minimum absolute atomic E-state index is 0.713. The number of nitrogens with zero attached hydrogens (tertiary/aromatic N) is 2. The second-order valence-electron chi connectivity index (χ2n) is 5.85. The van der Waals surface area contributed by atoms with Crippen LogP contribution in [0.5, 0.6) is 0 Å². The molecule has 1 aromatic carbocycles. The Labute approximate surface area is 115 Å². The number of para-hydroxylation sites is 1. The molecule has 3 nitrogen and oxygen atoms in total. The Hall–Kier alpha value is -1.35. The van der Waals surface area contributed by atoms with Crippen molar-refractivity contribution >= 4 is 10.9 Å². The smallest absolute Gasteiger partial charge is 0.0682 e. The minimum Gasteiger partial charge on any atom is -0.312 e. The first kappa shape index (κ1) is 12.7. The molecular weight excluding hydrogens is 234 g/mol. The molecule has 0 saturated heterocycles. The van der Waals surface area contributed by atoms with Crippen molar-refractivity contribution in [2.45, 2.75) is 45.2 Å². The summed E-state index contributed by atoms with van der Waals surface area (Å²) >= 11 is 0. The van der Waals surface area contributed by atoms with Gasteiger partial charge in [0, 0.05) is 18.0 Å². The fourth-order valence-electron chi connectivity index (χ4n) is 3.20. The van der Waals surface area contributed by atoms with Gasteiger partial charge in [-0.3, -0.25) is 4.68 Å². The highest BCUT2D eigenvalue weighted by Crippen LogP contribution is 2.23. The molecule has 3 heteroatoms. The summed E-state index contributed by atoms with van der Waals surface area (Å²) in [6.45, 7) is 4.34. The van der Waals surface area contributed by atoms with Gasteiger partial charge in [0.25, 0.3) is 0 Å². The molecule has 3 rings (SSSR count). The molecule has 1 saturated carbocycles. The standard InChI is InChI=1S/C16H23N3/c1-13-5-4-7-15(11-13)17-9-10-19-16-8-3-2-6-14(16)12-18-19/h2-3,6,8,12-13,15,17H,4-5,7,9-11H2,1H3. The normalized spacial score (nSPS) is 23.8. The minimum atomic E-state index is 0.713. The van der Waals surface area contributed by atoms with Crippen molar-refractivity contribution in [3.05, 3.63) is 30.5 Å². The van der Waals surface area contributed by atoms with E-state index in [1.807, 2.05) is 6.20 Å². The summed E-state index contributed by atoms with van der Waals surface area (Å²) in [7, 11) is 0. The lowest BCUT2D eigenvalue weighted by Crippen LogP contribution is -2.35. The predicted molar refractivity (Wildman–Crippen MR) is 79.2 cm³/mol. The van der Waals surface area contributed by atoms with Gasteiger partial charge in [-0.25, -0.2) is 0 Å². The molecule has 1 N–H and O–H groups in total. The molecular formula is C16H23N3. The largest absolute Gasteiger partial charge is 0.312 e. The van der Waals surface area contributed by atoms with Gasteiger partial charge >= 0.3 is 0 Å². The Balaban J connectivity index is 1.55. The first-order valence-electron chi connectivity index (χ1n) is 7.47. The van der Waals surface area contributed by atoms with Gasteiger partial charge in [-0.05, 0) is 24.8 Å². The van der Waals surface area contributed by atoms with Crippen LogP contribution in [-0.2, 0) is 6.54 Å². The van der Waals surface area contributed by atoms with Crippen LogP contribution in [0.4, 0.5) is 0 Å². The number of rotatable bonds is 4. The van der Waals surface area contributed by atoms with Gasteiger partial charge in [0.05, 0.1) is 18.3 Å². The van der Waals surface area contributed by atoms with Crippen molar-refractivity contribution in [2.75, 3.05) is 6.54 Å². The first-order valence-corrected chi connectivity index (χ1v) is 7.47. The van der Waals surface area contributed by atoms with E-state index in [-0.39, 0.29) is 0 Å². The average molecular weight is 257 g/mol. The molecule has 0 radical (unpaired) electrons. The number of nitrogens with one attached hydrogen (secondary N) is 1. The number of aromatic nitrogens is 2. The number of hydrogen-bond acceptors (Lipinski definition) is 2. The monoisotopic (exact) mass is 257 g/mol. The van der Waals surface area contributed by atoms with Crippen LogP contribution in [0, 0.1) is 5.92 Å². The molecule has 1 aromatic heterocycles. The number of fused-ring (bicyclic) bond motifs is 1. The molecule has 1 aliphatic carbocycles. The third kappa shape index (κ3) is 2.98. The number of hydrogen-bond donors (Lipinski definition) is 1. The Morgan fingerprint density at radius 2 is 2.21 bits per heavy atom. The van der Waals surface area contributed by atoms with Gasteiger partial charge in [0.2, 0.25) is 0 Å². The number of benzene rings is 1. The van der Waals surface area contributed by atoms with Gasteiger partial charge < -0.3 is 5.32 Å². The molecule has 0 bridgehead atoms. The summed E-state index contributed by atoms with van der Waals surface area (Å²) in [5, 5.41) is 9.39. The Morgan fingerprint density at radius 3 is 3.11 bits per heavy atom. The molecule has 1 heterocycles. The van der Waals surface area contributed by atoms with Crippen molar-refractivity contribution in [1.82, 2.24) is 15.1 Å². The van der Waals surface area contributed by atoms with Crippen LogP contribution in [0.25, 0.3) is 10.9 Å². The third-order valence-corrected chi connectivity index (χ3v) is 4.24. The van der Waals surface area contributed by atoms with Crippen molar-refractivity contribution in [2.24, 2.45) is 5.92 Å². The second-order valence-corrected chi connectivity index (χ2v) is 5.85. The van der Waals surface area contributed by atoms with Crippen molar-refractivity contribution in [1.29, 1.82) is 0 Å². The van der Waals surface area contributed by atoms with E-state index in [0.717, 1.165) is 19.0 Å². The van der Waals surface area contributed by atoms with Crippen LogP contribution < -0.4 is 5.32 Å². The summed E-state index contributed by atoms with van der Waals surface area (Å²) in [5.41, 5.74) is 1.24. The van der Waals surface area contributed by atoms with E-state index >= 15 is 0 Å². The highest BCUT2D eigenvalue weighted by atomic mass is 15.3. The van der Waals surface area contributed by atoms with Gasteiger partial charge in [0.1, 0.15) is 0 Å². The second kappa shape index (κ2) is 5.74. The molecule has 0 spiro atoms. The van der Waals surface area contributed by atoms with Gasteiger partial charge in [-0.1, -0.05) is 38.0 Å². The van der Waals surface area contributed by atoms with Crippen LogP contribution in [-0.4, -0.2) is 22.4 Å². The summed E-state index contributed by atoms with van der Waals surface area (Å²) in [5.74, 6) is 0.886. The van der Waals surface area contributed by atoms with Crippen molar-refractivity contribution in [3.8, 4) is 0 Å². The summed E-state index contributed by atoms with van der Waals surface area (Å²) < 4.78 is 2.11. The zero-order valence-electron chi connectivity index (χ0n) is 11.7. The summed E-state index contributed by atoms with van der Waals surface area (Å²) in [6, 6.07) is 9.12. The van der Waals surface area contributed by atoms with E-state index in [4.69, 9.17) is 0 Å². The Kier molecular flexibility index (Phi) is 3.83. The molecule has 0 aliphatic heterocycles. The van der Waals surface area contributed by atoms with Crippen LogP contribution in [0.3, 0.4) is 0 Å². The van der Waals surface area contributed by atoms with E-state index in [0.29, 0.717) is 6.04 Å². The quantitative estimate of drug-likeness (QED) is 0.911. The van der Waals surface area contributed by atoms with E-state index in [2.05, 4.69) is 46.3 Å². The maximum absolute atomic E-state index is 4.47. The third-order valence-electron chi connectivity index (χ3n) is 4.24. The fourth-order valence-corrected chi connectivity index (χ4v) is 3.20. The molecule has 1 fully saturated rings. The zero-order valence-corrected chi connectivity index (χ0v) is 11.7. The highest BCUT2D eigenvalue weighted by molar-refractivity contribution is 5.78. The van der Waals surface area contributed by atoms with Crippen molar-refractivity contribution in [3.63, 3.8) is 0 Å². The molecule has 2 aromatic rings. The SMILES string of the molecule is CC1CCCC(NCCn2ncc3ccccc32)C1. The zero-order chi connectivity index (χ0) is 13.1. The van der Waals surface area contributed by atoms with Crippen LogP contribution in [0.2, 0.25) is 0 Å². The van der Waals surface area contributed by atoms with Gasteiger partial charge in [-0.15, -0.1) is 0 Å². The average Bonchev–Trinajstić information content (AvgIpc) is 2.83. The van der Waals surface area contributed by atoms with Crippen LogP contribution in [0.15, 0.2) is 30.5 Å². The van der Waals surface area contributed by atoms with Crippen LogP contribution in [0.1, 0.15) is 32.6 Å². The molecule has 102 valence electrons. The topological polar surface area (TPSA) is 29.9 Å². The molecule has 1 aliphatic rings. The highest BCUT2D eigenvalue weighted by Gasteiger charge is 2.17. The summed E-state index contributed by atoms with van der Waals surface area (Å²) in [4.78, 5) is 0. The molecule has 0 amide bonds. The molecule has 2 unspecified atom stereocenters. The van der Waals surface area contributed by atoms with E-state index in [1.165, 1.54) is 36.6 Å². The maximum Gasteiger partial charge on any atom is 0.0682 e. The van der Waals surface area contributed by atoms with Crippen LogP contribution >= 0.6 is 0 Å². The van der Waals surface area contributed by atoms with Crippen molar-refractivity contribution < 1.29 is 0 Å². The lowest BCUT2D eigenvalue weighted by Gasteiger charge is -2.27. The maximum atomic E-state index is 4.47. The molecule has 2 atom stereocenters. The Morgan fingerprint density at radius 1 is 1.32 bits per heavy atom. The van der Waals surface area contributed by atoms with E-state index in [1.54, 1.807) is 0 Å². The van der Waals surface area contributed by atoms with E-state index in [9.17, 15) is 0 Å². The Bertz CT molecular complexity index is 532. The lowest BCUT2D eigenvalue weighted by atomic mass is 9.87. The van der Waals surface area contributed by atoms with Gasteiger partial charge in [0.15, 0.2) is 0 Å². The first-order chi connectivity index (χ1) is 9.33. The summed E-state index contributed by atoms with van der Waals surface area (Å²) in [6.07, 6.45) is 7.41. The predicted octanol–water partition coefficient (Wildman–Crippen LogP) is 3.20. The molecule has 19 heavy (non-hydrogen) atoms. The van der Waals surface area contributed by atoms with E-state index < -0.39 is 0 Å².